The number of anilines is 3. The first kappa shape index (κ1) is 25.4. The molecule has 0 aromatic carbocycles. The highest BCUT2D eigenvalue weighted by atomic mass is 32.2. The second-order valence-corrected chi connectivity index (χ2v) is 11.5. The largest absolute Gasteiger partial charge is 0.486 e. The number of carbonyl (C=O) groups is 1. The molecule has 6 heterocycles. The van der Waals surface area contributed by atoms with Gasteiger partial charge in [0.05, 0.1) is 36.5 Å². The van der Waals surface area contributed by atoms with Gasteiger partial charge in [-0.1, -0.05) is 11.8 Å². The van der Waals surface area contributed by atoms with E-state index >= 15 is 0 Å². The number of rotatable bonds is 6. The van der Waals surface area contributed by atoms with E-state index in [2.05, 4.69) is 26.8 Å². The van der Waals surface area contributed by atoms with E-state index in [1.54, 1.807) is 29.3 Å². The number of urea groups is 1. The van der Waals surface area contributed by atoms with Crippen LogP contribution in [0.5, 0.6) is 5.75 Å². The second-order valence-electron chi connectivity index (χ2n) is 10.4. The Labute approximate surface area is 226 Å². The SMILES string of the molecule is COCCN1CC2COc3c(Sc4ncc(N5CCC6(CC5)CO[C@@H](C)[C@H]6N)nc4N)ccnc3N2C1=O. The van der Waals surface area contributed by atoms with Gasteiger partial charge in [-0.2, -0.15) is 0 Å². The lowest BCUT2D eigenvalue weighted by molar-refractivity contribution is 0.0974. The van der Waals surface area contributed by atoms with Crippen molar-refractivity contribution in [2.24, 2.45) is 11.1 Å². The number of carbonyl (C=O) groups excluding carboxylic acids is 1. The molecule has 4 N–H and O–H groups in total. The van der Waals surface area contributed by atoms with Gasteiger partial charge in [0.15, 0.2) is 17.4 Å². The zero-order valence-corrected chi connectivity index (χ0v) is 22.5. The molecule has 3 fully saturated rings. The summed E-state index contributed by atoms with van der Waals surface area (Å²) in [6, 6.07) is 1.74. The summed E-state index contributed by atoms with van der Waals surface area (Å²) in [7, 11) is 1.63. The predicted octanol–water partition coefficient (Wildman–Crippen LogP) is 1.59. The molecule has 0 bridgehead atoms. The van der Waals surface area contributed by atoms with Crippen LogP contribution in [0.1, 0.15) is 19.8 Å². The lowest BCUT2D eigenvalue weighted by Crippen LogP contribution is -2.50. The lowest BCUT2D eigenvalue weighted by Gasteiger charge is -2.41. The van der Waals surface area contributed by atoms with Crippen LogP contribution in [0.3, 0.4) is 0 Å². The molecule has 6 rings (SSSR count). The number of amides is 2. The molecule has 3 atom stereocenters. The monoisotopic (exact) mass is 542 g/mol. The van der Waals surface area contributed by atoms with Crippen molar-refractivity contribution >= 4 is 35.2 Å². The summed E-state index contributed by atoms with van der Waals surface area (Å²) >= 11 is 1.36. The molecule has 38 heavy (non-hydrogen) atoms. The Bertz CT molecular complexity index is 1210. The maximum absolute atomic E-state index is 13.1. The number of hydrogen-bond donors (Lipinski definition) is 2. The van der Waals surface area contributed by atoms with Crippen molar-refractivity contribution in [3.8, 4) is 5.75 Å². The summed E-state index contributed by atoms with van der Waals surface area (Å²) in [5.41, 5.74) is 12.9. The highest BCUT2D eigenvalue weighted by Crippen LogP contribution is 2.45. The van der Waals surface area contributed by atoms with Crippen LogP contribution in [0.15, 0.2) is 28.4 Å². The Hall–Kier alpha value is -2.87. The number of nitrogen functional groups attached to an aromatic ring is 1. The number of nitrogens with zero attached hydrogens (tertiary/aromatic N) is 6. The minimum atomic E-state index is -0.0854. The van der Waals surface area contributed by atoms with Crippen LogP contribution in [0.4, 0.5) is 22.2 Å². The summed E-state index contributed by atoms with van der Waals surface area (Å²) in [6.45, 7) is 6.43. The second kappa shape index (κ2) is 10.0. The van der Waals surface area contributed by atoms with Gasteiger partial charge in [0.2, 0.25) is 0 Å². The van der Waals surface area contributed by atoms with Gasteiger partial charge in [0.1, 0.15) is 17.5 Å². The molecule has 1 spiro atoms. The maximum atomic E-state index is 13.1. The van der Waals surface area contributed by atoms with Crippen molar-refractivity contribution in [3.63, 3.8) is 0 Å². The van der Waals surface area contributed by atoms with Gasteiger partial charge >= 0.3 is 6.03 Å². The first-order valence-electron chi connectivity index (χ1n) is 13.0. The normalized spacial score (nSPS) is 26.0. The van der Waals surface area contributed by atoms with E-state index in [9.17, 15) is 4.79 Å². The Kier molecular flexibility index (Phi) is 6.70. The third-order valence-corrected chi connectivity index (χ3v) is 9.27. The van der Waals surface area contributed by atoms with E-state index in [0.717, 1.165) is 43.3 Å². The fourth-order valence-corrected chi connectivity index (χ4v) is 6.70. The average Bonchev–Trinajstić information content (AvgIpc) is 3.40. The third-order valence-electron chi connectivity index (χ3n) is 8.22. The molecule has 2 amide bonds. The van der Waals surface area contributed by atoms with Gasteiger partial charge in [0.25, 0.3) is 0 Å². The molecule has 4 aliphatic rings. The fraction of sp³-hybridized carbons (Fsp3) is 0.600. The van der Waals surface area contributed by atoms with Crippen LogP contribution in [0.2, 0.25) is 0 Å². The number of nitrogens with two attached hydrogens (primary N) is 2. The van der Waals surface area contributed by atoms with Gasteiger partial charge in [-0.05, 0) is 25.8 Å². The zero-order chi connectivity index (χ0) is 26.4. The Morgan fingerprint density at radius 1 is 1.29 bits per heavy atom. The van der Waals surface area contributed by atoms with Crippen molar-refractivity contribution in [3.05, 3.63) is 18.5 Å². The van der Waals surface area contributed by atoms with E-state index in [1.807, 2.05) is 6.07 Å². The minimum absolute atomic E-state index is 0.0433. The van der Waals surface area contributed by atoms with E-state index in [-0.39, 0.29) is 29.6 Å². The van der Waals surface area contributed by atoms with Gasteiger partial charge < -0.3 is 35.5 Å². The number of fused-ring (bicyclic) bond motifs is 3. The minimum Gasteiger partial charge on any atom is -0.486 e. The Morgan fingerprint density at radius 2 is 2.11 bits per heavy atom. The van der Waals surface area contributed by atoms with Crippen molar-refractivity contribution in [1.82, 2.24) is 19.9 Å². The highest BCUT2D eigenvalue weighted by molar-refractivity contribution is 7.99. The number of piperidine rings is 1. The molecular formula is C25H34N8O4S. The van der Waals surface area contributed by atoms with Crippen LogP contribution in [0.25, 0.3) is 0 Å². The predicted molar refractivity (Wildman–Crippen MR) is 143 cm³/mol. The highest BCUT2D eigenvalue weighted by Gasteiger charge is 2.48. The van der Waals surface area contributed by atoms with Crippen molar-refractivity contribution in [2.45, 2.75) is 47.9 Å². The molecule has 204 valence electrons. The van der Waals surface area contributed by atoms with Crippen LogP contribution in [-0.4, -0.2) is 97.2 Å². The average molecular weight is 543 g/mol. The fourth-order valence-electron chi connectivity index (χ4n) is 5.86. The van der Waals surface area contributed by atoms with E-state index < -0.39 is 0 Å². The Balaban J connectivity index is 1.16. The summed E-state index contributed by atoms with van der Waals surface area (Å²) in [4.78, 5) is 33.4. The van der Waals surface area contributed by atoms with Crippen molar-refractivity contribution in [1.29, 1.82) is 0 Å². The van der Waals surface area contributed by atoms with Gasteiger partial charge in [-0.3, -0.25) is 4.90 Å². The van der Waals surface area contributed by atoms with Gasteiger partial charge in [0, 0.05) is 50.9 Å². The topological polar surface area (TPSA) is 145 Å². The van der Waals surface area contributed by atoms with E-state index in [1.165, 1.54) is 11.8 Å². The van der Waals surface area contributed by atoms with Crippen LogP contribution < -0.4 is 26.0 Å². The molecular weight excluding hydrogens is 508 g/mol. The van der Waals surface area contributed by atoms with E-state index in [4.69, 9.17) is 25.7 Å². The smallest absolute Gasteiger partial charge is 0.326 e. The molecule has 0 saturated carbocycles. The molecule has 2 aromatic rings. The number of hydrogen-bond acceptors (Lipinski definition) is 11. The molecule has 12 nitrogen and oxygen atoms in total. The van der Waals surface area contributed by atoms with Crippen LogP contribution in [-0.2, 0) is 9.47 Å². The number of pyridine rings is 1. The third kappa shape index (κ3) is 4.31. The van der Waals surface area contributed by atoms with Crippen LogP contribution >= 0.6 is 11.8 Å². The van der Waals surface area contributed by atoms with Crippen molar-refractivity contribution < 1.29 is 19.0 Å². The quantitative estimate of drug-likeness (QED) is 0.549. The van der Waals surface area contributed by atoms with Crippen LogP contribution in [0, 0.1) is 5.41 Å². The number of aromatic nitrogens is 3. The number of methoxy groups -OCH3 is 1. The summed E-state index contributed by atoms with van der Waals surface area (Å²) in [5, 5.41) is 0.580. The van der Waals surface area contributed by atoms with Gasteiger partial charge in [-0.25, -0.2) is 19.7 Å². The molecule has 2 aromatic heterocycles. The molecule has 0 aliphatic carbocycles. The van der Waals surface area contributed by atoms with E-state index in [0.29, 0.717) is 48.7 Å². The molecule has 0 radical (unpaired) electrons. The molecule has 3 saturated heterocycles. The van der Waals surface area contributed by atoms with Gasteiger partial charge in [-0.15, -0.1) is 0 Å². The summed E-state index contributed by atoms with van der Waals surface area (Å²) < 4.78 is 17.1. The molecule has 4 aliphatic heterocycles. The first-order valence-corrected chi connectivity index (χ1v) is 13.8. The first-order chi connectivity index (χ1) is 18.4. The Morgan fingerprint density at radius 3 is 2.82 bits per heavy atom. The van der Waals surface area contributed by atoms with Crippen molar-refractivity contribution in [2.75, 3.05) is 68.6 Å². The zero-order valence-electron chi connectivity index (χ0n) is 21.7. The standard InChI is InChI=1S/C25H34N8O4S/c1-15-20(26)25(14-37-15)4-7-31(8-5-25)18-11-29-23(21(27)30-18)38-17-3-6-28-22-19(17)36-13-16-12-32(9-10-35-2)24(34)33(16)22/h3,6,11,15-16,20H,4-5,7-10,12-14,26H2,1-2H3,(H2,27,30)/t15-,16?,20+/m0/s1. The summed E-state index contributed by atoms with van der Waals surface area (Å²) in [5.74, 6) is 2.19. The lowest BCUT2D eigenvalue weighted by atomic mass is 9.73. The molecule has 1 unspecified atom stereocenters. The molecule has 13 heteroatoms. The summed E-state index contributed by atoms with van der Waals surface area (Å²) in [6.07, 6.45) is 5.46. The maximum Gasteiger partial charge on any atom is 0.326 e. The number of ether oxygens (including phenoxy) is 3.